The molecule has 116 valence electrons. The van der Waals surface area contributed by atoms with Gasteiger partial charge < -0.3 is 19.6 Å². The maximum Gasteiger partial charge on any atom is 0.323 e. The predicted octanol–water partition coefficient (Wildman–Crippen LogP) is 1.79. The Kier molecular flexibility index (Phi) is 6.78. The van der Waals surface area contributed by atoms with Gasteiger partial charge in [0.2, 0.25) is 0 Å². The number of amides is 2. The summed E-state index contributed by atoms with van der Waals surface area (Å²) in [5.41, 5.74) is 0. The first kappa shape index (κ1) is 16.8. The number of methoxy groups -OCH3 is 1. The third-order valence-corrected chi connectivity index (χ3v) is 3.70. The molecule has 0 spiro atoms. The van der Waals surface area contributed by atoms with E-state index in [1.54, 1.807) is 12.0 Å². The van der Waals surface area contributed by atoms with Gasteiger partial charge in [-0.1, -0.05) is 13.8 Å². The molecule has 0 atom stereocenters. The van der Waals surface area contributed by atoms with Gasteiger partial charge >= 0.3 is 12.0 Å². The standard InChI is InChI=1S/C14H26N2O4/c1-4-11(5-2)15(8-9-20-3)14(19)16(10-13(17)18)12-6-7-12/h11-12H,4-10H2,1-3H3,(H,17,18). The zero-order valence-corrected chi connectivity index (χ0v) is 12.7. The number of urea groups is 1. The summed E-state index contributed by atoms with van der Waals surface area (Å²) in [5.74, 6) is -0.957. The molecular formula is C14H26N2O4. The van der Waals surface area contributed by atoms with Gasteiger partial charge in [-0.15, -0.1) is 0 Å². The fourth-order valence-corrected chi connectivity index (χ4v) is 2.40. The van der Waals surface area contributed by atoms with E-state index in [-0.39, 0.29) is 24.7 Å². The minimum Gasteiger partial charge on any atom is -0.480 e. The van der Waals surface area contributed by atoms with E-state index < -0.39 is 5.97 Å². The first-order chi connectivity index (χ1) is 9.54. The molecule has 1 aliphatic rings. The first-order valence-electron chi connectivity index (χ1n) is 7.33. The molecule has 0 radical (unpaired) electrons. The third kappa shape index (κ3) is 4.67. The van der Waals surface area contributed by atoms with Crippen LogP contribution in [0.5, 0.6) is 0 Å². The molecule has 0 aliphatic heterocycles. The lowest BCUT2D eigenvalue weighted by atomic mass is 10.1. The summed E-state index contributed by atoms with van der Waals surface area (Å²) in [6, 6.07) is 0.0614. The van der Waals surface area contributed by atoms with Gasteiger partial charge in [0.15, 0.2) is 0 Å². The minimum atomic E-state index is -0.957. The lowest BCUT2D eigenvalue weighted by Gasteiger charge is -2.35. The number of rotatable bonds is 9. The molecule has 0 aromatic rings. The smallest absolute Gasteiger partial charge is 0.323 e. The second kappa shape index (κ2) is 8.09. The molecular weight excluding hydrogens is 260 g/mol. The van der Waals surface area contributed by atoms with Crippen LogP contribution in [0.4, 0.5) is 4.79 Å². The van der Waals surface area contributed by atoms with Crippen molar-refractivity contribution < 1.29 is 19.4 Å². The second-order valence-corrected chi connectivity index (χ2v) is 5.19. The lowest BCUT2D eigenvalue weighted by molar-refractivity contribution is -0.137. The van der Waals surface area contributed by atoms with Crippen molar-refractivity contribution in [2.24, 2.45) is 0 Å². The first-order valence-corrected chi connectivity index (χ1v) is 7.33. The van der Waals surface area contributed by atoms with Crippen molar-refractivity contribution >= 4 is 12.0 Å². The number of aliphatic carboxylic acids is 1. The molecule has 0 heterocycles. The average Bonchev–Trinajstić information content (AvgIpc) is 3.24. The van der Waals surface area contributed by atoms with Crippen molar-refractivity contribution in [2.75, 3.05) is 26.8 Å². The normalized spacial score (nSPS) is 14.4. The molecule has 1 saturated carbocycles. The van der Waals surface area contributed by atoms with Gasteiger partial charge in [-0.3, -0.25) is 4.79 Å². The molecule has 0 bridgehead atoms. The van der Waals surface area contributed by atoms with E-state index >= 15 is 0 Å². The van der Waals surface area contributed by atoms with Gasteiger partial charge in [0, 0.05) is 25.7 Å². The Bertz CT molecular complexity index is 327. The Balaban J connectivity index is 2.79. The zero-order chi connectivity index (χ0) is 15.1. The molecule has 2 amide bonds. The summed E-state index contributed by atoms with van der Waals surface area (Å²) in [4.78, 5) is 26.9. The molecule has 1 N–H and O–H groups in total. The number of carboxylic acids is 1. The highest BCUT2D eigenvalue weighted by Gasteiger charge is 2.37. The van der Waals surface area contributed by atoms with Crippen molar-refractivity contribution in [3.63, 3.8) is 0 Å². The quantitative estimate of drug-likeness (QED) is 0.701. The number of carbonyl (C=O) groups excluding carboxylic acids is 1. The Morgan fingerprint density at radius 1 is 1.30 bits per heavy atom. The second-order valence-electron chi connectivity index (χ2n) is 5.19. The molecule has 1 fully saturated rings. The van der Waals surface area contributed by atoms with Gasteiger partial charge in [-0.25, -0.2) is 4.79 Å². The number of hydrogen-bond acceptors (Lipinski definition) is 3. The summed E-state index contributed by atoms with van der Waals surface area (Å²) in [5, 5.41) is 8.98. The van der Waals surface area contributed by atoms with Crippen LogP contribution in [0.2, 0.25) is 0 Å². The number of carboxylic acid groups (broad SMARTS) is 1. The Morgan fingerprint density at radius 3 is 2.30 bits per heavy atom. The van der Waals surface area contributed by atoms with Crippen molar-refractivity contribution in [2.45, 2.75) is 51.6 Å². The Labute approximate surface area is 120 Å². The van der Waals surface area contributed by atoms with Crippen LogP contribution in [0.3, 0.4) is 0 Å². The molecule has 6 nitrogen and oxygen atoms in total. The molecule has 0 saturated heterocycles. The van der Waals surface area contributed by atoms with E-state index in [4.69, 9.17) is 9.84 Å². The van der Waals surface area contributed by atoms with E-state index in [0.29, 0.717) is 13.2 Å². The van der Waals surface area contributed by atoms with Crippen LogP contribution in [-0.4, -0.2) is 65.8 Å². The third-order valence-electron chi connectivity index (χ3n) is 3.70. The average molecular weight is 286 g/mol. The number of nitrogens with zero attached hydrogens (tertiary/aromatic N) is 2. The summed E-state index contributed by atoms with van der Waals surface area (Å²) in [6.07, 6.45) is 3.52. The van der Waals surface area contributed by atoms with E-state index in [9.17, 15) is 9.59 Å². The summed E-state index contributed by atoms with van der Waals surface area (Å²) in [7, 11) is 1.60. The van der Waals surface area contributed by atoms with Gasteiger partial charge in [-0.2, -0.15) is 0 Å². The number of ether oxygens (including phenoxy) is 1. The van der Waals surface area contributed by atoms with Crippen LogP contribution < -0.4 is 0 Å². The van der Waals surface area contributed by atoms with E-state index in [0.717, 1.165) is 25.7 Å². The Hall–Kier alpha value is -1.30. The predicted molar refractivity (Wildman–Crippen MR) is 75.7 cm³/mol. The largest absolute Gasteiger partial charge is 0.480 e. The lowest BCUT2D eigenvalue weighted by Crippen LogP contribution is -2.51. The topological polar surface area (TPSA) is 70.1 Å². The molecule has 0 aromatic carbocycles. The van der Waals surface area contributed by atoms with Crippen molar-refractivity contribution in [3.8, 4) is 0 Å². The van der Waals surface area contributed by atoms with Crippen molar-refractivity contribution in [3.05, 3.63) is 0 Å². The maximum absolute atomic E-state index is 12.7. The van der Waals surface area contributed by atoms with Crippen LogP contribution in [0.1, 0.15) is 39.5 Å². The van der Waals surface area contributed by atoms with Gasteiger partial charge in [-0.05, 0) is 25.7 Å². The van der Waals surface area contributed by atoms with Crippen LogP contribution in [0.15, 0.2) is 0 Å². The summed E-state index contributed by atoms with van der Waals surface area (Å²) >= 11 is 0. The highest BCUT2D eigenvalue weighted by atomic mass is 16.5. The van der Waals surface area contributed by atoms with E-state index in [1.807, 2.05) is 13.8 Å². The van der Waals surface area contributed by atoms with Gasteiger partial charge in [0.05, 0.1) is 6.61 Å². The molecule has 0 unspecified atom stereocenters. The van der Waals surface area contributed by atoms with E-state index in [2.05, 4.69) is 0 Å². The summed E-state index contributed by atoms with van der Waals surface area (Å²) < 4.78 is 5.07. The SMILES string of the molecule is CCC(CC)N(CCOC)C(=O)N(CC(=O)O)C1CC1. The van der Waals surface area contributed by atoms with E-state index in [1.165, 1.54) is 4.90 Å². The van der Waals surface area contributed by atoms with Gasteiger partial charge in [0.1, 0.15) is 6.54 Å². The zero-order valence-electron chi connectivity index (χ0n) is 12.7. The molecule has 0 aromatic heterocycles. The van der Waals surface area contributed by atoms with Crippen LogP contribution in [-0.2, 0) is 9.53 Å². The highest BCUT2D eigenvalue weighted by Crippen LogP contribution is 2.28. The molecule has 20 heavy (non-hydrogen) atoms. The van der Waals surface area contributed by atoms with Gasteiger partial charge in [0.25, 0.3) is 0 Å². The fourth-order valence-electron chi connectivity index (χ4n) is 2.40. The fraction of sp³-hybridized carbons (Fsp3) is 0.857. The van der Waals surface area contributed by atoms with Crippen LogP contribution in [0.25, 0.3) is 0 Å². The van der Waals surface area contributed by atoms with Crippen LogP contribution in [0, 0.1) is 0 Å². The molecule has 6 heteroatoms. The summed E-state index contributed by atoms with van der Waals surface area (Å²) in [6.45, 7) is 4.84. The number of hydrogen-bond donors (Lipinski definition) is 1. The molecule has 1 aliphatic carbocycles. The maximum atomic E-state index is 12.7. The Morgan fingerprint density at radius 2 is 1.90 bits per heavy atom. The van der Waals surface area contributed by atoms with Crippen molar-refractivity contribution in [1.82, 2.24) is 9.80 Å². The monoisotopic (exact) mass is 286 g/mol. The van der Waals surface area contributed by atoms with Crippen LogP contribution >= 0.6 is 0 Å². The minimum absolute atomic E-state index is 0.0954. The number of carbonyl (C=O) groups is 2. The van der Waals surface area contributed by atoms with Crippen molar-refractivity contribution in [1.29, 1.82) is 0 Å². The highest BCUT2D eigenvalue weighted by molar-refractivity contribution is 5.81. The molecule has 1 rings (SSSR count).